The van der Waals surface area contributed by atoms with E-state index < -0.39 is 0 Å². The van der Waals surface area contributed by atoms with E-state index in [1.165, 1.54) is 11.3 Å². The molecule has 7 nitrogen and oxygen atoms in total. The molecule has 0 unspecified atom stereocenters. The van der Waals surface area contributed by atoms with Gasteiger partial charge in [-0.2, -0.15) is 4.98 Å². The Kier molecular flexibility index (Phi) is 4.95. The van der Waals surface area contributed by atoms with E-state index in [0.29, 0.717) is 28.1 Å². The Morgan fingerprint density at radius 3 is 2.83 bits per heavy atom. The summed E-state index contributed by atoms with van der Waals surface area (Å²) in [4.78, 5) is 23.6. The van der Waals surface area contributed by atoms with Crippen molar-refractivity contribution in [1.29, 1.82) is 0 Å². The molecular formula is C20H13N5O2S3. The number of amides is 1. The van der Waals surface area contributed by atoms with Crippen molar-refractivity contribution in [2.75, 3.05) is 5.32 Å². The highest BCUT2D eigenvalue weighted by Gasteiger charge is 2.17. The lowest BCUT2D eigenvalue weighted by molar-refractivity contribution is 0.102. The van der Waals surface area contributed by atoms with Gasteiger partial charge in [0.2, 0.25) is 11.0 Å². The standard InChI is InChI=1S/C20H13N5O2S3/c1-11-22-18(16-14(9-29-19(16)23-11)15-6-3-7-28-15)27-13-5-2-4-12(8-13)17(26)24-20-25-21-10-30-20/h2-10H,1H3,(H,24,25,26). The largest absolute Gasteiger partial charge is 0.438 e. The van der Waals surface area contributed by atoms with Crippen LogP contribution < -0.4 is 10.1 Å². The third-order valence-corrected chi connectivity index (χ3v) is 6.57. The number of hydrogen-bond donors (Lipinski definition) is 1. The minimum absolute atomic E-state index is 0.281. The Bertz CT molecular complexity index is 1330. The van der Waals surface area contributed by atoms with E-state index in [2.05, 4.69) is 36.9 Å². The zero-order valence-corrected chi connectivity index (χ0v) is 18.0. The van der Waals surface area contributed by atoms with E-state index in [1.54, 1.807) is 52.4 Å². The molecule has 0 aliphatic heterocycles. The molecule has 1 amide bonds. The predicted molar refractivity (Wildman–Crippen MR) is 120 cm³/mol. The molecule has 0 spiro atoms. The zero-order chi connectivity index (χ0) is 20.5. The van der Waals surface area contributed by atoms with Gasteiger partial charge in [0.1, 0.15) is 21.9 Å². The molecule has 10 heteroatoms. The normalized spacial score (nSPS) is 11.0. The molecule has 0 atom stereocenters. The van der Waals surface area contributed by atoms with E-state index in [9.17, 15) is 4.79 Å². The summed E-state index contributed by atoms with van der Waals surface area (Å²) >= 11 is 4.47. The molecule has 0 radical (unpaired) electrons. The summed E-state index contributed by atoms with van der Waals surface area (Å²) in [5.41, 5.74) is 3.06. The van der Waals surface area contributed by atoms with E-state index in [-0.39, 0.29) is 5.91 Å². The SMILES string of the molecule is Cc1nc(Oc2cccc(C(=O)Nc3nncs3)c2)c2c(-c3cccs3)csc2n1. The van der Waals surface area contributed by atoms with E-state index >= 15 is 0 Å². The predicted octanol–water partition coefficient (Wildman–Crippen LogP) is 5.62. The van der Waals surface area contributed by atoms with Gasteiger partial charge in [-0.15, -0.1) is 32.9 Å². The first-order chi connectivity index (χ1) is 14.7. The second kappa shape index (κ2) is 7.90. The maximum atomic E-state index is 12.5. The van der Waals surface area contributed by atoms with E-state index in [0.717, 1.165) is 20.7 Å². The number of benzene rings is 1. The lowest BCUT2D eigenvalue weighted by atomic mass is 10.2. The lowest BCUT2D eigenvalue weighted by Gasteiger charge is -2.09. The quantitative estimate of drug-likeness (QED) is 0.373. The Balaban J connectivity index is 1.50. The Morgan fingerprint density at radius 2 is 2.03 bits per heavy atom. The van der Waals surface area contributed by atoms with E-state index in [4.69, 9.17) is 4.74 Å². The number of fused-ring (bicyclic) bond motifs is 1. The first kappa shape index (κ1) is 18.8. The number of aromatic nitrogens is 4. The van der Waals surface area contributed by atoms with Gasteiger partial charge in [-0.25, -0.2) is 4.98 Å². The van der Waals surface area contributed by atoms with Crippen molar-refractivity contribution in [2.45, 2.75) is 6.92 Å². The van der Waals surface area contributed by atoms with Gasteiger partial charge >= 0.3 is 0 Å². The number of rotatable bonds is 5. The number of nitrogens with one attached hydrogen (secondary N) is 1. The first-order valence-corrected chi connectivity index (χ1v) is 11.5. The third-order valence-electron chi connectivity index (χ3n) is 4.19. The first-order valence-electron chi connectivity index (χ1n) is 8.82. The number of carbonyl (C=O) groups excluding carboxylic acids is 1. The fourth-order valence-corrected chi connectivity index (χ4v) is 5.15. The molecule has 5 rings (SSSR count). The fraction of sp³-hybridized carbons (Fsp3) is 0.0500. The summed E-state index contributed by atoms with van der Waals surface area (Å²) < 4.78 is 6.15. The molecule has 1 aromatic carbocycles. The second-order valence-corrected chi connectivity index (χ2v) is 8.85. The van der Waals surface area contributed by atoms with Gasteiger partial charge in [-0.05, 0) is 36.6 Å². The summed E-state index contributed by atoms with van der Waals surface area (Å²) in [6.45, 7) is 1.84. The molecule has 0 fully saturated rings. The van der Waals surface area contributed by atoms with Crippen molar-refractivity contribution < 1.29 is 9.53 Å². The topological polar surface area (TPSA) is 89.9 Å². The van der Waals surface area contributed by atoms with Crippen LogP contribution in [0.4, 0.5) is 5.13 Å². The molecule has 0 bridgehead atoms. The average molecular weight is 452 g/mol. The van der Waals surface area contributed by atoms with Crippen LogP contribution in [-0.4, -0.2) is 26.1 Å². The van der Waals surface area contributed by atoms with Gasteiger partial charge in [0.15, 0.2) is 0 Å². The second-order valence-electron chi connectivity index (χ2n) is 6.21. The molecule has 30 heavy (non-hydrogen) atoms. The van der Waals surface area contributed by atoms with Crippen LogP contribution in [0.25, 0.3) is 20.7 Å². The molecular weight excluding hydrogens is 438 g/mol. The Hall–Kier alpha value is -3.21. The van der Waals surface area contributed by atoms with Crippen molar-refractivity contribution in [3.8, 4) is 22.1 Å². The van der Waals surface area contributed by atoms with Crippen molar-refractivity contribution in [2.24, 2.45) is 0 Å². The molecule has 0 saturated carbocycles. The van der Waals surface area contributed by atoms with Crippen molar-refractivity contribution in [1.82, 2.24) is 20.2 Å². The number of nitrogens with zero attached hydrogens (tertiary/aromatic N) is 4. The number of anilines is 1. The highest BCUT2D eigenvalue weighted by molar-refractivity contribution is 7.18. The summed E-state index contributed by atoms with van der Waals surface area (Å²) in [5, 5.41) is 15.7. The minimum Gasteiger partial charge on any atom is -0.438 e. The fourth-order valence-electron chi connectivity index (χ4n) is 2.91. The summed E-state index contributed by atoms with van der Waals surface area (Å²) in [6, 6.07) is 11.0. The minimum atomic E-state index is -0.281. The van der Waals surface area contributed by atoms with Gasteiger partial charge in [-0.1, -0.05) is 23.5 Å². The summed E-state index contributed by atoms with van der Waals surface area (Å²) in [6.07, 6.45) is 0. The zero-order valence-electron chi connectivity index (χ0n) is 15.5. The number of thiophene rings is 2. The molecule has 148 valence electrons. The number of hydrogen-bond acceptors (Lipinski definition) is 9. The van der Waals surface area contributed by atoms with Gasteiger partial charge in [0, 0.05) is 21.4 Å². The summed E-state index contributed by atoms with van der Waals surface area (Å²) in [5.74, 6) is 1.34. The molecule has 4 heterocycles. The smallest absolute Gasteiger partial charge is 0.257 e. The van der Waals surface area contributed by atoms with Crippen LogP contribution in [0.5, 0.6) is 11.6 Å². The molecule has 1 N–H and O–H groups in total. The monoisotopic (exact) mass is 451 g/mol. The van der Waals surface area contributed by atoms with Crippen LogP contribution in [0, 0.1) is 6.92 Å². The maximum Gasteiger partial charge on any atom is 0.257 e. The van der Waals surface area contributed by atoms with E-state index in [1.807, 2.05) is 18.4 Å². The molecule has 0 aliphatic carbocycles. The van der Waals surface area contributed by atoms with Crippen LogP contribution in [0.15, 0.2) is 52.7 Å². The number of carbonyl (C=O) groups is 1. The van der Waals surface area contributed by atoms with Crippen molar-refractivity contribution in [3.63, 3.8) is 0 Å². The molecule has 4 aromatic heterocycles. The van der Waals surface area contributed by atoms with Crippen molar-refractivity contribution >= 4 is 55.3 Å². The van der Waals surface area contributed by atoms with Crippen LogP contribution in [0.2, 0.25) is 0 Å². The molecule has 0 aliphatic rings. The lowest BCUT2D eigenvalue weighted by Crippen LogP contribution is -2.11. The molecule has 0 saturated heterocycles. The average Bonchev–Trinajstić information content (AvgIpc) is 3.49. The van der Waals surface area contributed by atoms with Crippen molar-refractivity contribution in [3.05, 3.63) is 64.1 Å². The van der Waals surface area contributed by atoms with Gasteiger partial charge in [0.05, 0.1) is 5.39 Å². The van der Waals surface area contributed by atoms with Crippen LogP contribution in [-0.2, 0) is 0 Å². The van der Waals surface area contributed by atoms with Gasteiger partial charge in [0.25, 0.3) is 5.91 Å². The molecule has 5 aromatic rings. The van der Waals surface area contributed by atoms with Gasteiger partial charge < -0.3 is 4.74 Å². The number of ether oxygens (including phenoxy) is 1. The van der Waals surface area contributed by atoms with Gasteiger partial charge in [-0.3, -0.25) is 10.1 Å². The number of aryl methyl sites for hydroxylation is 1. The third kappa shape index (κ3) is 3.67. The maximum absolute atomic E-state index is 12.5. The van der Waals surface area contributed by atoms with Crippen LogP contribution in [0.3, 0.4) is 0 Å². The highest BCUT2D eigenvalue weighted by atomic mass is 32.1. The summed E-state index contributed by atoms with van der Waals surface area (Å²) in [7, 11) is 0. The Morgan fingerprint density at radius 1 is 1.10 bits per heavy atom. The van der Waals surface area contributed by atoms with Crippen LogP contribution in [0.1, 0.15) is 16.2 Å². The van der Waals surface area contributed by atoms with Crippen LogP contribution >= 0.6 is 34.0 Å². The Labute approximate surface area is 183 Å². The highest BCUT2D eigenvalue weighted by Crippen LogP contribution is 2.41.